The van der Waals surface area contributed by atoms with Gasteiger partial charge in [-0.05, 0) is 36.8 Å². The standard InChI is InChI=1S/C20H26ClN5O/c1-14(24-20(27)25(2)3)15-4-6-16(7-5-15)17-8-10-26(11-9-17)19-12-18(21)22-13-23-19/h4-7,12-14,17H,8-11H2,1-3H3,(H,24,27)/t14-/m0/s1. The van der Waals surface area contributed by atoms with Crippen LogP contribution in [0.2, 0.25) is 5.15 Å². The van der Waals surface area contributed by atoms with Gasteiger partial charge >= 0.3 is 6.03 Å². The van der Waals surface area contributed by atoms with Gasteiger partial charge in [-0.15, -0.1) is 0 Å². The van der Waals surface area contributed by atoms with Gasteiger partial charge in [0.25, 0.3) is 0 Å². The molecule has 2 amide bonds. The van der Waals surface area contributed by atoms with Crippen LogP contribution in [-0.2, 0) is 0 Å². The van der Waals surface area contributed by atoms with E-state index in [2.05, 4.69) is 44.5 Å². The third kappa shape index (κ3) is 4.89. The molecule has 0 spiro atoms. The van der Waals surface area contributed by atoms with E-state index in [1.54, 1.807) is 19.0 Å². The first-order valence-electron chi connectivity index (χ1n) is 9.24. The van der Waals surface area contributed by atoms with E-state index in [0.717, 1.165) is 37.3 Å². The van der Waals surface area contributed by atoms with Gasteiger partial charge in [-0.3, -0.25) is 0 Å². The van der Waals surface area contributed by atoms with Crippen molar-refractivity contribution in [3.63, 3.8) is 0 Å². The second-order valence-corrected chi connectivity index (χ2v) is 7.58. The summed E-state index contributed by atoms with van der Waals surface area (Å²) in [5, 5.41) is 3.46. The van der Waals surface area contributed by atoms with E-state index in [1.807, 2.05) is 13.0 Å². The monoisotopic (exact) mass is 387 g/mol. The smallest absolute Gasteiger partial charge is 0.317 e. The average molecular weight is 388 g/mol. The number of urea groups is 1. The Labute approximate surface area is 165 Å². The van der Waals surface area contributed by atoms with Crippen molar-refractivity contribution in [2.45, 2.75) is 31.7 Å². The summed E-state index contributed by atoms with van der Waals surface area (Å²) in [6.45, 7) is 3.91. The lowest BCUT2D eigenvalue weighted by Gasteiger charge is -2.33. The molecule has 0 unspecified atom stereocenters. The Morgan fingerprint density at radius 2 is 1.89 bits per heavy atom. The maximum absolute atomic E-state index is 11.8. The van der Waals surface area contributed by atoms with Crippen LogP contribution < -0.4 is 10.2 Å². The van der Waals surface area contributed by atoms with Crippen LogP contribution in [-0.4, -0.2) is 48.1 Å². The van der Waals surface area contributed by atoms with Crippen LogP contribution >= 0.6 is 11.6 Å². The van der Waals surface area contributed by atoms with Crippen molar-refractivity contribution < 1.29 is 4.79 Å². The predicted octanol–water partition coefficient (Wildman–Crippen LogP) is 3.85. The second-order valence-electron chi connectivity index (χ2n) is 7.19. The zero-order valence-electron chi connectivity index (χ0n) is 16.0. The normalized spacial score (nSPS) is 16.1. The van der Waals surface area contributed by atoms with Crippen molar-refractivity contribution >= 4 is 23.4 Å². The van der Waals surface area contributed by atoms with Crippen molar-refractivity contribution in [3.8, 4) is 0 Å². The van der Waals surface area contributed by atoms with Crippen molar-refractivity contribution in [2.24, 2.45) is 0 Å². The van der Waals surface area contributed by atoms with Gasteiger partial charge in [-0.1, -0.05) is 35.9 Å². The molecule has 2 aromatic rings. The van der Waals surface area contributed by atoms with Crippen LogP contribution in [0.1, 0.15) is 42.9 Å². The van der Waals surface area contributed by atoms with E-state index in [-0.39, 0.29) is 12.1 Å². The molecule has 6 nitrogen and oxygen atoms in total. The molecule has 144 valence electrons. The van der Waals surface area contributed by atoms with E-state index in [0.29, 0.717) is 11.1 Å². The highest BCUT2D eigenvalue weighted by molar-refractivity contribution is 6.29. The summed E-state index contributed by atoms with van der Waals surface area (Å²) in [7, 11) is 3.49. The number of nitrogens with zero attached hydrogens (tertiary/aromatic N) is 4. The zero-order valence-corrected chi connectivity index (χ0v) is 16.8. The molecule has 0 saturated carbocycles. The molecular weight excluding hydrogens is 362 g/mol. The van der Waals surface area contributed by atoms with E-state index in [1.165, 1.54) is 11.9 Å². The molecule has 7 heteroatoms. The molecule has 1 N–H and O–H groups in total. The van der Waals surface area contributed by atoms with Gasteiger partial charge in [0.1, 0.15) is 17.3 Å². The molecule has 2 heterocycles. The first-order valence-corrected chi connectivity index (χ1v) is 9.62. The molecule has 0 radical (unpaired) electrons. The van der Waals surface area contributed by atoms with E-state index >= 15 is 0 Å². The Morgan fingerprint density at radius 3 is 2.48 bits per heavy atom. The molecule has 1 fully saturated rings. The largest absolute Gasteiger partial charge is 0.356 e. The number of carbonyl (C=O) groups excluding carboxylic acids is 1. The lowest BCUT2D eigenvalue weighted by atomic mass is 9.88. The number of halogens is 1. The van der Waals surface area contributed by atoms with Crippen LogP contribution in [0, 0.1) is 0 Å². The highest BCUT2D eigenvalue weighted by Gasteiger charge is 2.22. The summed E-state index contributed by atoms with van der Waals surface area (Å²) in [4.78, 5) is 23.9. The van der Waals surface area contributed by atoms with Crippen LogP contribution in [0.4, 0.5) is 10.6 Å². The molecular formula is C20H26ClN5O. The molecule has 0 aliphatic carbocycles. The summed E-state index contributed by atoms with van der Waals surface area (Å²) in [5.41, 5.74) is 2.47. The SMILES string of the molecule is C[C@H](NC(=O)N(C)C)c1ccc(C2CCN(c3cc(Cl)ncn3)CC2)cc1. The van der Waals surface area contributed by atoms with Gasteiger partial charge in [0.05, 0.1) is 6.04 Å². The van der Waals surface area contributed by atoms with Crippen molar-refractivity contribution in [3.05, 3.63) is 52.9 Å². The lowest BCUT2D eigenvalue weighted by Crippen LogP contribution is -2.36. The van der Waals surface area contributed by atoms with E-state index < -0.39 is 0 Å². The fourth-order valence-electron chi connectivity index (χ4n) is 3.39. The number of carbonyl (C=O) groups is 1. The fourth-order valence-corrected chi connectivity index (χ4v) is 3.53. The minimum atomic E-state index is -0.0798. The number of nitrogens with one attached hydrogen (secondary N) is 1. The number of hydrogen-bond acceptors (Lipinski definition) is 4. The number of hydrogen-bond donors (Lipinski definition) is 1. The van der Waals surface area contributed by atoms with Gasteiger partial charge in [-0.2, -0.15) is 0 Å². The van der Waals surface area contributed by atoms with Crippen molar-refractivity contribution in [1.29, 1.82) is 0 Å². The first-order chi connectivity index (χ1) is 12.9. The molecule has 27 heavy (non-hydrogen) atoms. The number of benzene rings is 1. The molecule has 3 rings (SSSR count). The van der Waals surface area contributed by atoms with Crippen LogP contribution in [0.5, 0.6) is 0 Å². The minimum Gasteiger partial charge on any atom is -0.356 e. The van der Waals surface area contributed by atoms with Crippen LogP contribution in [0.3, 0.4) is 0 Å². The maximum Gasteiger partial charge on any atom is 0.317 e. The maximum atomic E-state index is 11.8. The third-order valence-electron chi connectivity index (χ3n) is 5.09. The third-order valence-corrected chi connectivity index (χ3v) is 5.30. The van der Waals surface area contributed by atoms with Crippen LogP contribution in [0.15, 0.2) is 36.7 Å². The summed E-state index contributed by atoms with van der Waals surface area (Å²) in [5.74, 6) is 1.44. The molecule has 1 aromatic heterocycles. The number of aromatic nitrogens is 2. The molecule has 1 aliphatic heterocycles. The van der Waals surface area contributed by atoms with E-state index in [9.17, 15) is 4.79 Å². The van der Waals surface area contributed by atoms with Gasteiger partial charge in [0, 0.05) is 33.3 Å². The zero-order chi connectivity index (χ0) is 19.4. The average Bonchev–Trinajstić information content (AvgIpc) is 2.68. The minimum absolute atomic E-state index is 0.0155. The molecule has 1 atom stereocenters. The first kappa shape index (κ1) is 19.4. The Bertz CT molecular complexity index is 772. The highest BCUT2D eigenvalue weighted by atomic mass is 35.5. The Morgan fingerprint density at radius 1 is 1.22 bits per heavy atom. The summed E-state index contributed by atoms with van der Waals surface area (Å²) in [6.07, 6.45) is 3.67. The van der Waals surface area contributed by atoms with Gasteiger partial charge in [-0.25, -0.2) is 14.8 Å². The molecule has 0 bridgehead atoms. The van der Waals surface area contributed by atoms with Crippen molar-refractivity contribution in [1.82, 2.24) is 20.2 Å². The predicted molar refractivity (Wildman–Crippen MR) is 108 cm³/mol. The summed E-state index contributed by atoms with van der Waals surface area (Å²) >= 11 is 5.97. The fraction of sp³-hybridized carbons (Fsp3) is 0.450. The molecule has 1 saturated heterocycles. The van der Waals surface area contributed by atoms with E-state index in [4.69, 9.17) is 11.6 Å². The second kappa shape index (κ2) is 8.57. The highest BCUT2D eigenvalue weighted by Crippen LogP contribution is 2.30. The number of piperidine rings is 1. The molecule has 1 aromatic carbocycles. The summed E-state index contributed by atoms with van der Waals surface area (Å²) < 4.78 is 0. The van der Waals surface area contributed by atoms with Gasteiger partial charge in [0.2, 0.25) is 0 Å². The topological polar surface area (TPSA) is 61.4 Å². The Hall–Kier alpha value is -2.34. The number of amides is 2. The number of anilines is 1. The Kier molecular flexibility index (Phi) is 6.16. The van der Waals surface area contributed by atoms with Gasteiger partial charge < -0.3 is 15.1 Å². The van der Waals surface area contributed by atoms with Crippen molar-refractivity contribution in [2.75, 3.05) is 32.1 Å². The lowest BCUT2D eigenvalue weighted by molar-refractivity contribution is 0.214. The van der Waals surface area contributed by atoms with Crippen LogP contribution in [0.25, 0.3) is 0 Å². The quantitative estimate of drug-likeness (QED) is 0.809. The Balaban J connectivity index is 1.58. The molecule has 1 aliphatic rings. The number of rotatable bonds is 4. The van der Waals surface area contributed by atoms with Gasteiger partial charge in [0.15, 0.2) is 0 Å². The summed E-state index contributed by atoms with van der Waals surface area (Å²) in [6, 6.07) is 10.3.